The summed E-state index contributed by atoms with van der Waals surface area (Å²) in [5.41, 5.74) is 0. The van der Waals surface area contributed by atoms with E-state index in [9.17, 15) is 5.11 Å². The van der Waals surface area contributed by atoms with Gasteiger partial charge >= 0.3 is 0 Å². The third-order valence-corrected chi connectivity index (χ3v) is 3.99. The molecule has 0 aromatic rings. The Morgan fingerprint density at radius 2 is 1.88 bits per heavy atom. The number of hydrogen-bond acceptors (Lipinski definition) is 2. The van der Waals surface area contributed by atoms with E-state index in [1.54, 1.807) is 0 Å². The summed E-state index contributed by atoms with van der Waals surface area (Å²) >= 11 is 5.41. The summed E-state index contributed by atoms with van der Waals surface area (Å²) in [5, 5.41) is 13.9. The fraction of sp³-hybridized carbons (Fsp3) is 0.917. The number of hydrogen-bond donors (Lipinski definition) is 2. The Balaban J connectivity index is 1.77. The lowest BCUT2D eigenvalue weighted by atomic mass is 9.96. The van der Waals surface area contributed by atoms with Gasteiger partial charge in [-0.1, -0.05) is 19.3 Å². The Morgan fingerprint density at radius 1 is 1.12 bits per heavy atom. The van der Waals surface area contributed by atoms with Crippen LogP contribution >= 0.6 is 12.2 Å². The highest BCUT2D eigenvalue weighted by atomic mass is 32.1. The molecular weight excluding hydrogens is 220 g/mol. The number of nitrogens with zero attached hydrogens (tertiary/aromatic N) is 1. The maximum atomic E-state index is 9.61. The topological polar surface area (TPSA) is 35.5 Å². The molecule has 4 heteroatoms. The van der Waals surface area contributed by atoms with Crippen molar-refractivity contribution < 1.29 is 5.11 Å². The van der Waals surface area contributed by atoms with Crippen LogP contribution in [0.1, 0.15) is 44.9 Å². The lowest BCUT2D eigenvalue weighted by Gasteiger charge is -2.34. The molecule has 0 radical (unpaired) electrons. The summed E-state index contributed by atoms with van der Waals surface area (Å²) in [6, 6.07) is 0.570. The second-order valence-corrected chi connectivity index (χ2v) is 5.41. The summed E-state index contributed by atoms with van der Waals surface area (Å²) in [6.45, 7) is 1.70. The minimum absolute atomic E-state index is 0.195. The molecule has 1 heterocycles. The minimum atomic E-state index is -0.195. The lowest BCUT2D eigenvalue weighted by molar-refractivity contribution is 0.102. The first-order valence-electron chi connectivity index (χ1n) is 6.49. The van der Waals surface area contributed by atoms with Crippen molar-refractivity contribution >= 4 is 17.3 Å². The van der Waals surface area contributed by atoms with Crippen LogP contribution in [0.4, 0.5) is 0 Å². The third-order valence-electron chi connectivity index (χ3n) is 3.62. The highest BCUT2D eigenvalue weighted by Crippen LogP contribution is 2.18. The van der Waals surface area contributed by atoms with Gasteiger partial charge in [0.1, 0.15) is 0 Å². The number of β-amino-alcohol motifs (C(OH)–C–C–N with tert-alkyl or cyclic N) is 1. The predicted octanol–water partition coefficient (Wildman–Crippen LogP) is 1.65. The van der Waals surface area contributed by atoms with Crippen LogP contribution in [0, 0.1) is 0 Å². The van der Waals surface area contributed by atoms with Crippen molar-refractivity contribution in [3.8, 4) is 0 Å². The fourth-order valence-electron chi connectivity index (χ4n) is 2.65. The number of likely N-dealkylation sites (tertiary alicyclic amines) is 1. The van der Waals surface area contributed by atoms with Crippen molar-refractivity contribution in [2.24, 2.45) is 0 Å². The van der Waals surface area contributed by atoms with Crippen LogP contribution in [-0.4, -0.2) is 40.4 Å². The molecule has 0 bridgehead atoms. The molecule has 2 aliphatic rings. The quantitative estimate of drug-likeness (QED) is 0.685. The Hall–Kier alpha value is -0.350. The number of nitrogens with one attached hydrogen (secondary N) is 1. The van der Waals surface area contributed by atoms with Gasteiger partial charge in [-0.3, -0.25) is 0 Å². The van der Waals surface area contributed by atoms with E-state index in [4.69, 9.17) is 12.2 Å². The zero-order valence-corrected chi connectivity index (χ0v) is 10.6. The van der Waals surface area contributed by atoms with Crippen LogP contribution in [0.25, 0.3) is 0 Å². The molecule has 1 aliphatic carbocycles. The second-order valence-electron chi connectivity index (χ2n) is 5.03. The number of rotatable bonds is 1. The molecule has 2 fully saturated rings. The van der Waals surface area contributed by atoms with Crippen molar-refractivity contribution in [2.75, 3.05) is 13.1 Å². The molecule has 1 saturated heterocycles. The maximum Gasteiger partial charge on any atom is 0.169 e. The van der Waals surface area contributed by atoms with Gasteiger partial charge in [-0.25, -0.2) is 0 Å². The van der Waals surface area contributed by atoms with Crippen LogP contribution in [-0.2, 0) is 0 Å². The molecule has 2 N–H and O–H groups in total. The first kappa shape index (κ1) is 12.1. The van der Waals surface area contributed by atoms with Crippen LogP contribution in [0.5, 0.6) is 0 Å². The number of aliphatic hydroxyl groups is 1. The van der Waals surface area contributed by atoms with Crippen molar-refractivity contribution in [1.82, 2.24) is 10.2 Å². The SMILES string of the molecule is O[C@H]1CCCN(C(=S)NC2CCCCC2)C1. The van der Waals surface area contributed by atoms with E-state index in [0.29, 0.717) is 12.6 Å². The minimum Gasteiger partial charge on any atom is -0.391 e. The van der Waals surface area contributed by atoms with E-state index in [2.05, 4.69) is 10.2 Å². The van der Waals surface area contributed by atoms with Crippen LogP contribution in [0.3, 0.4) is 0 Å². The molecular formula is C12H22N2OS. The maximum absolute atomic E-state index is 9.61. The van der Waals surface area contributed by atoms with Crippen molar-refractivity contribution in [1.29, 1.82) is 0 Å². The first-order valence-corrected chi connectivity index (χ1v) is 6.90. The van der Waals surface area contributed by atoms with Gasteiger partial charge in [-0.2, -0.15) is 0 Å². The van der Waals surface area contributed by atoms with Crippen molar-refractivity contribution in [3.63, 3.8) is 0 Å². The summed E-state index contributed by atoms with van der Waals surface area (Å²) in [7, 11) is 0. The zero-order chi connectivity index (χ0) is 11.4. The standard InChI is InChI=1S/C12H22N2OS/c15-11-7-4-8-14(9-11)12(16)13-10-5-2-1-3-6-10/h10-11,15H,1-9H2,(H,13,16)/t11-/m0/s1. The third kappa shape index (κ3) is 3.32. The van der Waals surface area contributed by atoms with Gasteiger partial charge < -0.3 is 15.3 Å². The van der Waals surface area contributed by atoms with Crippen molar-refractivity contribution in [3.05, 3.63) is 0 Å². The molecule has 0 spiro atoms. The van der Waals surface area contributed by atoms with E-state index in [1.165, 1.54) is 32.1 Å². The lowest BCUT2D eigenvalue weighted by Crippen LogP contribution is -2.50. The highest BCUT2D eigenvalue weighted by Gasteiger charge is 2.22. The molecule has 0 aromatic carbocycles. The molecule has 0 amide bonds. The summed E-state index contributed by atoms with van der Waals surface area (Å²) in [4.78, 5) is 2.12. The van der Waals surface area contributed by atoms with Gasteiger partial charge in [0.2, 0.25) is 0 Å². The Labute approximate surface area is 103 Å². The molecule has 0 aromatic heterocycles. The monoisotopic (exact) mass is 242 g/mol. The molecule has 92 valence electrons. The van der Waals surface area contributed by atoms with Gasteiger partial charge in [0.15, 0.2) is 5.11 Å². The van der Waals surface area contributed by atoms with Crippen molar-refractivity contribution in [2.45, 2.75) is 57.1 Å². The highest BCUT2D eigenvalue weighted by molar-refractivity contribution is 7.80. The van der Waals surface area contributed by atoms with Gasteiger partial charge in [0, 0.05) is 19.1 Å². The molecule has 3 nitrogen and oxygen atoms in total. The summed E-state index contributed by atoms with van der Waals surface area (Å²) in [6.07, 6.45) is 8.28. The zero-order valence-electron chi connectivity index (χ0n) is 9.82. The first-order chi connectivity index (χ1) is 7.75. The summed E-state index contributed by atoms with van der Waals surface area (Å²) in [5.74, 6) is 0. The number of piperidine rings is 1. The smallest absolute Gasteiger partial charge is 0.169 e. The molecule has 2 rings (SSSR count). The average Bonchev–Trinajstić information content (AvgIpc) is 2.30. The normalized spacial score (nSPS) is 27.8. The Bertz CT molecular complexity index is 241. The van der Waals surface area contributed by atoms with Crippen LogP contribution in [0.15, 0.2) is 0 Å². The van der Waals surface area contributed by atoms with Gasteiger partial charge in [-0.05, 0) is 37.9 Å². The van der Waals surface area contributed by atoms with Crippen LogP contribution in [0.2, 0.25) is 0 Å². The van der Waals surface area contributed by atoms with E-state index < -0.39 is 0 Å². The van der Waals surface area contributed by atoms with Gasteiger partial charge in [-0.15, -0.1) is 0 Å². The molecule has 1 atom stereocenters. The Morgan fingerprint density at radius 3 is 2.56 bits per heavy atom. The van der Waals surface area contributed by atoms with E-state index in [1.807, 2.05) is 0 Å². The average molecular weight is 242 g/mol. The van der Waals surface area contributed by atoms with Crippen LogP contribution < -0.4 is 5.32 Å². The molecule has 16 heavy (non-hydrogen) atoms. The predicted molar refractivity (Wildman–Crippen MR) is 69.4 cm³/mol. The molecule has 0 unspecified atom stereocenters. The Kier molecular flexibility index (Phi) is 4.41. The van der Waals surface area contributed by atoms with Gasteiger partial charge in [0.25, 0.3) is 0 Å². The second kappa shape index (κ2) is 5.82. The number of thiocarbonyl (C=S) groups is 1. The van der Waals surface area contributed by atoms with E-state index in [-0.39, 0.29) is 6.10 Å². The van der Waals surface area contributed by atoms with E-state index >= 15 is 0 Å². The van der Waals surface area contributed by atoms with Gasteiger partial charge in [0.05, 0.1) is 6.10 Å². The van der Waals surface area contributed by atoms with E-state index in [0.717, 1.165) is 24.5 Å². The molecule has 1 aliphatic heterocycles. The molecule has 1 saturated carbocycles. The largest absolute Gasteiger partial charge is 0.391 e. The fourth-order valence-corrected chi connectivity index (χ4v) is 2.98. The number of aliphatic hydroxyl groups excluding tert-OH is 1. The summed E-state index contributed by atoms with van der Waals surface area (Å²) < 4.78 is 0.